The predicted octanol–water partition coefficient (Wildman–Crippen LogP) is 1.67. The maximum Gasteiger partial charge on any atom is 0.0641 e. The summed E-state index contributed by atoms with van der Waals surface area (Å²) in [7, 11) is 3.96. The van der Waals surface area contributed by atoms with Crippen molar-refractivity contribution in [3.8, 4) is 6.07 Å². The highest BCUT2D eigenvalue weighted by Gasteiger charge is 2.05. The molecule has 0 heterocycles. The van der Waals surface area contributed by atoms with Crippen molar-refractivity contribution in [2.24, 2.45) is 5.73 Å². The molecule has 0 amide bonds. The molecule has 0 radical (unpaired) electrons. The highest BCUT2D eigenvalue weighted by Crippen LogP contribution is 2.19. The lowest BCUT2D eigenvalue weighted by molar-refractivity contribution is 0.748. The molecule has 0 aliphatic heterocycles. The first-order chi connectivity index (χ1) is 6.65. The second-order valence-electron chi connectivity index (χ2n) is 3.46. The van der Waals surface area contributed by atoms with Crippen molar-refractivity contribution in [1.29, 1.82) is 5.26 Å². The number of nitrogens with zero attached hydrogens (tertiary/aromatic N) is 2. The minimum Gasteiger partial charge on any atom is -0.378 e. The zero-order chi connectivity index (χ0) is 10.6. The highest BCUT2D eigenvalue weighted by atomic mass is 15.1. The smallest absolute Gasteiger partial charge is 0.0641 e. The summed E-state index contributed by atoms with van der Waals surface area (Å²) in [5.74, 6) is 0. The fourth-order valence-electron chi connectivity index (χ4n) is 1.25. The first-order valence-electron chi connectivity index (χ1n) is 4.55. The molecule has 0 saturated heterocycles. The molecule has 14 heavy (non-hydrogen) atoms. The molecule has 0 aromatic heterocycles. The van der Waals surface area contributed by atoms with Gasteiger partial charge in [0.15, 0.2) is 0 Å². The molecule has 1 rings (SSSR count). The van der Waals surface area contributed by atoms with Crippen LogP contribution in [0.3, 0.4) is 0 Å². The van der Waals surface area contributed by atoms with Gasteiger partial charge < -0.3 is 10.6 Å². The highest BCUT2D eigenvalue weighted by molar-refractivity contribution is 5.47. The van der Waals surface area contributed by atoms with Crippen molar-refractivity contribution < 1.29 is 0 Å². The summed E-state index contributed by atoms with van der Waals surface area (Å²) in [6, 6.07) is 9.84. The summed E-state index contributed by atoms with van der Waals surface area (Å²) >= 11 is 0. The molecule has 3 nitrogen and oxygen atoms in total. The second-order valence-corrected chi connectivity index (χ2v) is 3.46. The Bertz CT molecular complexity index is 339. The van der Waals surface area contributed by atoms with Gasteiger partial charge >= 0.3 is 0 Å². The van der Waals surface area contributed by atoms with Crippen LogP contribution in [0.1, 0.15) is 18.0 Å². The minimum absolute atomic E-state index is 0.181. The standard InChI is InChI=1S/C11H15N3/c1-14(2)10-5-3-4-9(8-10)11(13)6-7-12/h3-5,8,11H,6,13H2,1-2H3/t11-/m1/s1. The lowest BCUT2D eigenvalue weighted by Crippen LogP contribution is -2.12. The van der Waals surface area contributed by atoms with E-state index in [0.717, 1.165) is 11.3 Å². The van der Waals surface area contributed by atoms with Crippen LogP contribution in [0.15, 0.2) is 24.3 Å². The molecule has 1 aromatic rings. The molecule has 2 N–H and O–H groups in total. The first kappa shape index (κ1) is 10.6. The third-order valence-electron chi connectivity index (χ3n) is 2.13. The molecule has 3 heteroatoms. The average molecular weight is 189 g/mol. The Hall–Kier alpha value is -1.53. The van der Waals surface area contributed by atoms with Crippen LogP contribution in [0.25, 0.3) is 0 Å². The van der Waals surface area contributed by atoms with Gasteiger partial charge in [-0.25, -0.2) is 0 Å². The van der Waals surface area contributed by atoms with Crippen LogP contribution >= 0.6 is 0 Å². The van der Waals surface area contributed by atoms with Crippen LogP contribution in [0.4, 0.5) is 5.69 Å². The Morgan fingerprint density at radius 3 is 2.79 bits per heavy atom. The van der Waals surface area contributed by atoms with E-state index in [9.17, 15) is 0 Å². The largest absolute Gasteiger partial charge is 0.378 e. The maximum absolute atomic E-state index is 8.54. The molecule has 0 unspecified atom stereocenters. The first-order valence-corrected chi connectivity index (χ1v) is 4.55. The summed E-state index contributed by atoms with van der Waals surface area (Å²) < 4.78 is 0. The summed E-state index contributed by atoms with van der Waals surface area (Å²) in [5.41, 5.74) is 7.95. The molecule has 0 fully saturated rings. The zero-order valence-corrected chi connectivity index (χ0v) is 8.57. The van der Waals surface area contributed by atoms with Crippen molar-refractivity contribution in [3.63, 3.8) is 0 Å². The number of nitrogens with two attached hydrogens (primary N) is 1. The quantitative estimate of drug-likeness (QED) is 0.786. The SMILES string of the molecule is CN(C)c1cccc([C@H](N)CC#N)c1. The van der Waals surface area contributed by atoms with Crippen LogP contribution < -0.4 is 10.6 Å². The van der Waals surface area contributed by atoms with Crippen molar-refractivity contribution in [2.75, 3.05) is 19.0 Å². The minimum atomic E-state index is -0.181. The molecular weight excluding hydrogens is 174 g/mol. The number of nitriles is 1. The summed E-state index contributed by atoms with van der Waals surface area (Å²) in [6.07, 6.45) is 0.358. The molecule has 0 aliphatic rings. The van der Waals surface area contributed by atoms with Crippen molar-refractivity contribution in [3.05, 3.63) is 29.8 Å². The van der Waals surface area contributed by atoms with Gasteiger partial charge in [-0.05, 0) is 17.7 Å². The lowest BCUT2D eigenvalue weighted by atomic mass is 10.0. The number of hydrogen-bond acceptors (Lipinski definition) is 3. The van der Waals surface area contributed by atoms with Gasteiger partial charge in [0, 0.05) is 25.8 Å². The summed E-state index contributed by atoms with van der Waals surface area (Å²) in [4.78, 5) is 2.02. The van der Waals surface area contributed by atoms with Gasteiger partial charge in [-0.15, -0.1) is 0 Å². The summed E-state index contributed by atoms with van der Waals surface area (Å²) in [5, 5.41) is 8.54. The van der Waals surface area contributed by atoms with E-state index in [2.05, 4.69) is 6.07 Å². The molecule has 0 saturated carbocycles. The number of hydrogen-bond donors (Lipinski definition) is 1. The topological polar surface area (TPSA) is 53.0 Å². The normalized spacial score (nSPS) is 11.9. The molecule has 1 atom stereocenters. The summed E-state index contributed by atoms with van der Waals surface area (Å²) in [6.45, 7) is 0. The van der Waals surface area contributed by atoms with Gasteiger partial charge in [0.1, 0.15) is 0 Å². The van der Waals surface area contributed by atoms with Crippen molar-refractivity contribution in [1.82, 2.24) is 0 Å². The second kappa shape index (κ2) is 4.64. The van der Waals surface area contributed by atoms with Crippen molar-refractivity contribution in [2.45, 2.75) is 12.5 Å². The van der Waals surface area contributed by atoms with Crippen molar-refractivity contribution >= 4 is 5.69 Å². The molecular formula is C11H15N3. The fourth-order valence-corrected chi connectivity index (χ4v) is 1.25. The molecule has 0 bridgehead atoms. The van der Waals surface area contributed by atoms with E-state index in [1.807, 2.05) is 43.3 Å². The lowest BCUT2D eigenvalue weighted by Gasteiger charge is -2.15. The van der Waals surface area contributed by atoms with Gasteiger partial charge in [-0.3, -0.25) is 0 Å². The van der Waals surface area contributed by atoms with Crippen LogP contribution in [-0.4, -0.2) is 14.1 Å². The van der Waals surface area contributed by atoms with E-state index in [1.165, 1.54) is 0 Å². The maximum atomic E-state index is 8.54. The van der Waals surface area contributed by atoms with Gasteiger partial charge in [-0.1, -0.05) is 12.1 Å². The Kier molecular flexibility index (Phi) is 3.49. The molecule has 0 spiro atoms. The van der Waals surface area contributed by atoms with E-state index >= 15 is 0 Å². The van der Waals surface area contributed by atoms with E-state index in [1.54, 1.807) is 0 Å². The van der Waals surface area contributed by atoms with E-state index in [-0.39, 0.29) is 6.04 Å². The fraction of sp³-hybridized carbons (Fsp3) is 0.364. The number of benzene rings is 1. The van der Waals surface area contributed by atoms with Gasteiger partial charge in [0.2, 0.25) is 0 Å². The van der Waals surface area contributed by atoms with Gasteiger partial charge in [0.25, 0.3) is 0 Å². The van der Waals surface area contributed by atoms with Crippen LogP contribution in [0, 0.1) is 11.3 Å². The van der Waals surface area contributed by atoms with Crippen LogP contribution in [-0.2, 0) is 0 Å². The molecule has 74 valence electrons. The average Bonchev–Trinajstić information content (AvgIpc) is 2.18. The Morgan fingerprint density at radius 2 is 2.21 bits per heavy atom. The Balaban J connectivity index is 2.89. The van der Waals surface area contributed by atoms with E-state index in [0.29, 0.717) is 6.42 Å². The molecule has 1 aromatic carbocycles. The Labute approximate surface area is 84.7 Å². The Morgan fingerprint density at radius 1 is 1.50 bits per heavy atom. The van der Waals surface area contributed by atoms with E-state index < -0.39 is 0 Å². The van der Waals surface area contributed by atoms with Crippen LogP contribution in [0.5, 0.6) is 0 Å². The third kappa shape index (κ3) is 2.48. The van der Waals surface area contributed by atoms with Gasteiger partial charge in [-0.2, -0.15) is 5.26 Å². The van der Waals surface area contributed by atoms with Gasteiger partial charge in [0.05, 0.1) is 12.5 Å². The predicted molar refractivity (Wildman–Crippen MR) is 57.9 cm³/mol. The van der Waals surface area contributed by atoms with Crippen LogP contribution in [0.2, 0.25) is 0 Å². The molecule has 0 aliphatic carbocycles. The zero-order valence-electron chi connectivity index (χ0n) is 8.57. The van der Waals surface area contributed by atoms with E-state index in [4.69, 9.17) is 11.0 Å². The number of anilines is 1. The third-order valence-corrected chi connectivity index (χ3v) is 2.13. The number of rotatable bonds is 3. The monoisotopic (exact) mass is 189 g/mol.